The van der Waals surface area contributed by atoms with Gasteiger partial charge in [0.2, 0.25) is 0 Å². The number of aromatic nitrogens is 1. The van der Waals surface area contributed by atoms with Crippen LogP contribution in [0.4, 0.5) is 5.82 Å². The molecule has 0 bridgehead atoms. The molecule has 0 atom stereocenters. The van der Waals surface area contributed by atoms with E-state index < -0.39 is 0 Å². The highest BCUT2D eigenvalue weighted by atomic mass is 16.5. The molecule has 0 saturated heterocycles. The number of likely N-dealkylation sites (N-methyl/N-ethyl adjacent to an activating group) is 1. The third-order valence-electron chi connectivity index (χ3n) is 3.68. The molecule has 1 aliphatic carbocycles. The molecule has 1 aliphatic rings. The number of anilines is 1. The maximum absolute atomic E-state index is 5.77. The predicted molar refractivity (Wildman–Crippen MR) is 82.9 cm³/mol. The van der Waals surface area contributed by atoms with E-state index in [1.807, 2.05) is 0 Å². The number of nitrogens with zero attached hydrogens (tertiary/aromatic N) is 2. The summed E-state index contributed by atoms with van der Waals surface area (Å²) in [6.45, 7) is 5.30. The number of pyridine rings is 1. The van der Waals surface area contributed by atoms with E-state index in [0.29, 0.717) is 6.54 Å². The van der Waals surface area contributed by atoms with Crippen LogP contribution in [0, 0.1) is 5.92 Å². The second kappa shape index (κ2) is 7.60. The number of ether oxygens (including phenoxy) is 1. The third-order valence-corrected chi connectivity index (χ3v) is 3.68. The number of hydrogen-bond donors (Lipinski definition) is 1. The molecule has 0 amide bonds. The predicted octanol–water partition coefficient (Wildman–Crippen LogP) is 2.36. The maximum atomic E-state index is 5.77. The zero-order valence-electron chi connectivity index (χ0n) is 12.8. The average molecular weight is 277 g/mol. The van der Waals surface area contributed by atoms with Gasteiger partial charge in [-0.1, -0.05) is 13.3 Å². The summed E-state index contributed by atoms with van der Waals surface area (Å²) in [5.41, 5.74) is 8.07. The van der Waals surface area contributed by atoms with Crippen LogP contribution in [0.3, 0.4) is 0 Å². The van der Waals surface area contributed by atoms with Gasteiger partial charge in [-0.05, 0) is 42.9 Å². The van der Waals surface area contributed by atoms with Crippen molar-refractivity contribution in [3.63, 3.8) is 0 Å². The van der Waals surface area contributed by atoms with Crippen LogP contribution in [0.2, 0.25) is 0 Å². The third kappa shape index (κ3) is 4.76. The molecule has 1 saturated carbocycles. The van der Waals surface area contributed by atoms with Gasteiger partial charge in [0.15, 0.2) is 0 Å². The molecule has 2 N–H and O–H groups in total. The zero-order valence-corrected chi connectivity index (χ0v) is 12.8. The molecule has 4 heteroatoms. The summed E-state index contributed by atoms with van der Waals surface area (Å²) in [7, 11) is 2.07. The maximum Gasteiger partial charge on any atom is 0.128 e. The molecule has 0 spiro atoms. The summed E-state index contributed by atoms with van der Waals surface area (Å²) in [4.78, 5) is 6.87. The fourth-order valence-corrected chi connectivity index (χ4v) is 2.18. The van der Waals surface area contributed by atoms with Crippen LogP contribution in [0.1, 0.15) is 37.4 Å². The molecule has 1 fully saturated rings. The molecule has 0 unspecified atom stereocenters. The Balaban J connectivity index is 1.88. The second-order valence-electron chi connectivity index (χ2n) is 5.72. The Labute approximate surface area is 122 Å². The largest absolute Gasteiger partial charge is 0.379 e. The van der Waals surface area contributed by atoms with E-state index in [9.17, 15) is 0 Å². The quantitative estimate of drug-likeness (QED) is 0.704. The van der Waals surface area contributed by atoms with Crippen molar-refractivity contribution in [2.45, 2.75) is 39.2 Å². The van der Waals surface area contributed by atoms with Crippen molar-refractivity contribution >= 4 is 5.82 Å². The molecule has 1 aromatic heterocycles. The van der Waals surface area contributed by atoms with Gasteiger partial charge < -0.3 is 15.4 Å². The van der Waals surface area contributed by atoms with Crippen LogP contribution in [0.5, 0.6) is 0 Å². The Kier molecular flexibility index (Phi) is 5.80. The highest BCUT2D eigenvalue weighted by Crippen LogP contribution is 2.28. The number of nitrogens with two attached hydrogens (primary N) is 1. The lowest BCUT2D eigenvalue weighted by Crippen LogP contribution is -2.24. The Morgan fingerprint density at radius 3 is 2.85 bits per heavy atom. The van der Waals surface area contributed by atoms with Crippen LogP contribution in [0.15, 0.2) is 12.1 Å². The van der Waals surface area contributed by atoms with E-state index in [-0.39, 0.29) is 0 Å². The van der Waals surface area contributed by atoms with Gasteiger partial charge >= 0.3 is 0 Å². The van der Waals surface area contributed by atoms with Gasteiger partial charge in [0.1, 0.15) is 5.82 Å². The first-order valence-electron chi connectivity index (χ1n) is 7.71. The first-order chi connectivity index (χ1) is 9.72. The SMILES string of the molecule is CCCc1cc(CN)cc(N(C)CCOCC2CC2)n1. The van der Waals surface area contributed by atoms with E-state index in [1.54, 1.807) is 0 Å². The minimum absolute atomic E-state index is 0.568. The Bertz CT molecular complexity index is 418. The minimum atomic E-state index is 0.568. The van der Waals surface area contributed by atoms with Crippen molar-refractivity contribution in [2.75, 3.05) is 31.7 Å². The number of hydrogen-bond acceptors (Lipinski definition) is 4. The van der Waals surface area contributed by atoms with Gasteiger partial charge in [-0.15, -0.1) is 0 Å². The van der Waals surface area contributed by atoms with Crippen molar-refractivity contribution < 1.29 is 4.74 Å². The van der Waals surface area contributed by atoms with E-state index in [1.165, 1.54) is 12.8 Å². The fraction of sp³-hybridized carbons (Fsp3) is 0.688. The Morgan fingerprint density at radius 2 is 2.20 bits per heavy atom. The summed E-state index contributed by atoms with van der Waals surface area (Å²) in [5.74, 6) is 1.83. The molecule has 1 aromatic rings. The van der Waals surface area contributed by atoms with E-state index >= 15 is 0 Å². The van der Waals surface area contributed by atoms with Crippen LogP contribution in [-0.2, 0) is 17.7 Å². The van der Waals surface area contributed by atoms with Crippen molar-refractivity contribution in [1.29, 1.82) is 0 Å². The standard InChI is InChI=1S/C16H27N3O/c1-3-4-15-9-14(11-17)10-16(18-15)19(2)7-8-20-12-13-5-6-13/h9-10,13H,3-8,11-12,17H2,1-2H3. The summed E-state index contributed by atoms with van der Waals surface area (Å²) in [6.07, 6.45) is 4.80. The molecule has 4 nitrogen and oxygen atoms in total. The molecular weight excluding hydrogens is 250 g/mol. The van der Waals surface area contributed by atoms with Gasteiger partial charge in [0, 0.05) is 32.4 Å². The normalized spacial score (nSPS) is 14.6. The van der Waals surface area contributed by atoms with Gasteiger partial charge in [0.05, 0.1) is 6.61 Å². The van der Waals surface area contributed by atoms with E-state index in [4.69, 9.17) is 15.5 Å². The van der Waals surface area contributed by atoms with Crippen LogP contribution in [-0.4, -0.2) is 31.8 Å². The van der Waals surface area contributed by atoms with Crippen LogP contribution in [0.25, 0.3) is 0 Å². The van der Waals surface area contributed by atoms with Crippen LogP contribution < -0.4 is 10.6 Å². The van der Waals surface area contributed by atoms with Gasteiger partial charge in [-0.25, -0.2) is 4.98 Å². The summed E-state index contributed by atoms with van der Waals surface area (Å²) in [5, 5.41) is 0. The molecule has 112 valence electrons. The monoisotopic (exact) mass is 277 g/mol. The van der Waals surface area contributed by atoms with Gasteiger partial charge in [0.25, 0.3) is 0 Å². The summed E-state index contributed by atoms with van der Waals surface area (Å²) < 4.78 is 5.69. The van der Waals surface area contributed by atoms with E-state index in [0.717, 1.165) is 55.6 Å². The second-order valence-corrected chi connectivity index (χ2v) is 5.72. The molecule has 1 heterocycles. The molecule has 0 aromatic carbocycles. The van der Waals surface area contributed by atoms with Crippen molar-refractivity contribution in [1.82, 2.24) is 4.98 Å². The lowest BCUT2D eigenvalue weighted by atomic mass is 10.1. The highest BCUT2D eigenvalue weighted by molar-refractivity contribution is 5.42. The summed E-state index contributed by atoms with van der Waals surface area (Å²) >= 11 is 0. The number of rotatable bonds is 9. The molecule has 2 rings (SSSR count). The molecular formula is C16H27N3O. The fourth-order valence-electron chi connectivity index (χ4n) is 2.18. The topological polar surface area (TPSA) is 51.4 Å². The zero-order chi connectivity index (χ0) is 14.4. The Morgan fingerprint density at radius 1 is 1.40 bits per heavy atom. The number of aryl methyl sites for hydroxylation is 1. The van der Waals surface area contributed by atoms with Gasteiger partial charge in [-0.2, -0.15) is 0 Å². The molecule has 0 aliphatic heterocycles. The van der Waals surface area contributed by atoms with Crippen LogP contribution >= 0.6 is 0 Å². The Hall–Kier alpha value is -1.13. The lowest BCUT2D eigenvalue weighted by Gasteiger charge is -2.20. The van der Waals surface area contributed by atoms with Gasteiger partial charge in [-0.3, -0.25) is 0 Å². The van der Waals surface area contributed by atoms with E-state index in [2.05, 4.69) is 31.0 Å². The summed E-state index contributed by atoms with van der Waals surface area (Å²) in [6, 6.07) is 4.20. The first-order valence-corrected chi connectivity index (χ1v) is 7.71. The smallest absolute Gasteiger partial charge is 0.128 e. The van der Waals surface area contributed by atoms with Crippen molar-refractivity contribution in [3.05, 3.63) is 23.4 Å². The first kappa shape index (κ1) is 15.3. The molecule has 0 radical (unpaired) electrons. The highest BCUT2D eigenvalue weighted by Gasteiger charge is 2.21. The van der Waals surface area contributed by atoms with Crippen molar-refractivity contribution in [3.8, 4) is 0 Å². The average Bonchev–Trinajstić information content (AvgIpc) is 3.27. The minimum Gasteiger partial charge on any atom is -0.379 e. The molecule has 20 heavy (non-hydrogen) atoms. The lowest BCUT2D eigenvalue weighted by molar-refractivity contribution is 0.131. The van der Waals surface area contributed by atoms with Crippen molar-refractivity contribution in [2.24, 2.45) is 11.7 Å².